The Morgan fingerprint density at radius 2 is 2.10 bits per heavy atom. The van der Waals surface area contributed by atoms with E-state index < -0.39 is 5.91 Å². The van der Waals surface area contributed by atoms with Crippen LogP contribution < -0.4 is 15.8 Å². The van der Waals surface area contributed by atoms with Gasteiger partial charge in [0.25, 0.3) is 5.91 Å². The second-order valence-corrected chi connectivity index (χ2v) is 7.48. The number of halogens is 1. The number of ether oxygens (including phenoxy) is 1. The second kappa shape index (κ2) is 7.39. The lowest BCUT2D eigenvalue weighted by Gasteiger charge is -2.12. The molecule has 1 aliphatic heterocycles. The number of hydrogen-bond donors (Lipinski definition) is 3. The van der Waals surface area contributed by atoms with Gasteiger partial charge in [-0.1, -0.05) is 24.3 Å². The van der Waals surface area contributed by atoms with Crippen molar-refractivity contribution in [3.8, 4) is 17.3 Å². The average Bonchev–Trinajstić information content (AvgIpc) is 3.35. The molecule has 2 aromatic heterocycles. The summed E-state index contributed by atoms with van der Waals surface area (Å²) in [5, 5.41) is 4.11. The minimum absolute atomic E-state index is 0.282. The quantitative estimate of drug-likeness (QED) is 0.459. The molecule has 0 saturated heterocycles. The van der Waals surface area contributed by atoms with E-state index in [4.69, 9.17) is 15.5 Å². The van der Waals surface area contributed by atoms with E-state index in [2.05, 4.69) is 15.3 Å². The van der Waals surface area contributed by atoms with Crippen LogP contribution in [-0.4, -0.2) is 27.5 Å². The van der Waals surface area contributed by atoms with Crippen LogP contribution in [0, 0.1) is 12.7 Å². The molecule has 1 amide bonds. The van der Waals surface area contributed by atoms with Gasteiger partial charge in [0.2, 0.25) is 5.88 Å². The molecule has 1 aliphatic rings. The van der Waals surface area contributed by atoms with Crippen LogP contribution in [0.25, 0.3) is 22.3 Å². The van der Waals surface area contributed by atoms with Crippen LogP contribution in [0.2, 0.25) is 0 Å². The number of anilines is 1. The number of aromatic amines is 1. The summed E-state index contributed by atoms with van der Waals surface area (Å²) in [5.74, 6) is 0.880. The molecule has 0 saturated carbocycles. The molecule has 4 aromatic rings. The Morgan fingerprint density at radius 1 is 1.26 bits per heavy atom. The SMILES string of the molecule is Cc1[nH]c2c(C(N)=O)cccc2c1-c1nc(NCc2cccc(F)c2)c2c(n1)OCC2. The number of aryl methyl sites for hydroxylation is 1. The molecule has 2 aromatic carbocycles. The topological polar surface area (TPSA) is 106 Å². The first-order chi connectivity index (χ1) is 15.0. The monoisotopic (exact) mass is 417 g/mol. The number of rotatable bonds is 5. The van der Waals surface area contributed by atoms with Crippen LogP contribution in [0.4, 0.5) is 10.2 Å². The van der Waals surface area contributed by atoms with Gasteiger partial charge in [-0.3, -0.25) is 4.79 Å². The highest BCUT2D eigenvalue weighted by Gasteiger charge is 2.24. The summed E-state index contributed by atoms with van der Waals surface area (Å²) in [6.07, 6.45) is 0.694. The van der Waals surface area contributed by atoms with E-state index >= 15 is 0 Å². The van der Waals surface area contributed by atoms with E-state index in [1.165, 1.54) is 12.1 Å². The highest BCUT2D eigenvalue weighted by molar-refractivity contribution is 6.09. The van der Waals surface area contributed by atoms with Gasteiger partial charge in [0, 0.05) is 29.6 Å². The number of aromatic nitrogens is 3. The number of fused-ring (bicyclic) bond motifs is 2. The maximum Gasteiger partial charge on any atom is 0.250 e. The van der Waals surface area contributed by atoms with Crippen LogP contribution in [0.1, 0.15) is 27.2 Å². The van der Waals surface area contributed by atoms with Gasteiger partial charge in [-0.15, -0.1) is 0 Å². The first-order valence-electron chi connectivity index (χ1n) is 9.95. The number of primary amides is 1. The first-order valence-corrected chi connectivity index (χ1v) is 9.95. The molecule has 31 heavy (non-hydrogen) atoms. The van der Waals surface area contributed by atoms with Crippen LogP contribution in [0.3, 0.4) is 0 Å². The lowest BCUT2D eigenvalue weighted by Crippen LogP contribution is -2.11. The molecule has 5 rings (SSSR count). The van der Waals surface area contributed by atoms with Gasteiger partial charge >= 0.3 is 0 Å². The first kappa shape index (κ1) is 19.0. The number of nitrogens with two attached hydrogens (primary N) is 1. The number of nitrogens with one attached hydrogen (secondary N) is 2. The molecule has 7 nitrogen and oxygen atoms in total. The van der Waals surface area contributed by atoms with Crippen molar-refractivity contribution in [2.75, 3.05) is 11.9 Å². The Balaban J connectivity index is 1.60. The fraction of sp³-hybridized carbons (Fsp3) is 0.174. The Hall–Kier alpha value is -3.94. The summed E-state index contributed by atoms with van der Waals surface area (Å²) < 4.78 is 19.3. The standard InChI is InChI=1S/C23H20FN5O2/c1-12-18(15-6-3-7-16(20(25)30)19(15)27-12)22-28-21(17-8-9-31-23(17)29-22)26-11-13-4-2-5-14(24)10-13/h2-7,10,27H,8-9,11H2,1H3,(H2,25,30)(H,26,28,29). The normalized spacial score (nSPS) is 12.6. The smallest absolute Gasteiger partial charge is 0.250 e. The molecular weight excluding hydrogens is 397 g/mol. The van der Waals surface area contributed by atoms with Gasteiger partial charge in [0.05, 0.1) is 23.3 Å². The molecule has 0 aliphatic carbocycles. The zero-order valence-electron chi connectivity index (χ0n) is 16.8. The Morgan fingerprint density at radius 3 is 2.90 bits per heavy atom. The summed E-state index contributed by atoms with van der Waals surface area (Å²) in [4.78, 5) is 24.5. The van der Waals surface area contributed by atoms with E-state index in [9.17, 15) is 9.18 Å². The molecule has 0 radical (unpaired) electrons. The van der Waals surface area contributed by atoms with Crippen LogP contribution >= 0.6 is 0 Å². The minimum atomic E-state index is -0.506. The lowest BCUT2D eigenvalue weighted by atomic mass is 10.1. The molecular formula is C23H20FN5O2. The fourth-order valence-electron chi connectivity index (χ4n) is 3.99. The van der Waals surface area contributed by atoms with Crippen molar-refractivity contribution in [2.45, 2.75) is 19.9 Å². The summed E-state index contributed by atoms with van der Waals surface area (Å²) in [6, 6.07) is 11.8. The molecule has 0 atom stereocenters. The predicted octanol–water partition coefficient (Wildman–Crippen LogP) is 3.72. The molecule has 4 N–H and O–H groups in total. The van der Waals surface area contributed by atoms with E-state index in [0.29, 0.717) is 48.2 Å². The zero-order chi connectivity index (χ0) is 21.5. The number of amides is 1. The molecule has 156 valence electrons. The summed E-state index contributed by atoms with van der Waals surface area (Å²) in [7, 11) is 0. The van der Waals surface area contributed by atoms with Gasteiger partial charge in [0.1, 0.15) is 11.6 Å². The third-order valence-electron chi connectivity index (χ3n) is 5.42. The van der Waals surface area contributed by atoms with Crippen molar-refractivity contribution in [1.82, 2.24) is 15.0 Å². The summed E-state index contributed by atoms with van der Waals surface area (Å²) in [5.41, 5.74) is 9.91. The van der Waals surface area contributed by atoms with Crippen LogP contribution in [-0.2, 0) is 13.0 Å². The number of hydrogen-bond acceptors (Lipinski definition) is 5. The van der Waals surface area contributed by atoms with Crippen molar-refractivity contribution in [1.29, 1.82) is 0 Å². The number of H-pyrrole nitrogens is 1. The van der Waals surface area contributed by atoms with Gasteiger partial charge in [0.15, 0.2) is 5.82 Å². The van der Waals surface area contributed by atoms with Crippen molar-refractivity contribution < 1.29 is 13.9 Å². The minimum Gasteiger partial charge on any atom is -0.477 e. The van der Waals surface area contributed by atoms with E-state index in [1.807, 2.05) is 19.1 Å². The largest absolute Gasteiger partial charge is 0.477 e. The predicted molar refractivity (Wildman–Crippen MR) is 116 cm³/mol. The van der Waals surface area contributed by atoms with Crippen molar-refractivity contribution in [2.24, 2.45) is 5.73 Å². The number of nitrogens with zero attached hydrogens (tertiary/aromatic N) is 2. The maximum atomic E-state index is 13.5. The van der Waals surface area contributed by atoms with Gasteiger partial charge in [-0.05, 0) is 30.7 Å². The Kier molecular flexibility index (Phi) is 4.54. The number of benzene rings is 2. The van der Waals surface area contributed by atoms with Gasteiger partial charge in [-0.25, -0.2) is 9.37 Å². The number of para-hydroxylation sites is 1. The molecule has 3 heterocycles. The zero-order valence-corrected chi connectivity index (χ0v) is 16.8. The molecule has 0 spiro atoms. The highest BCUT2D eigenvalue weighted by atomic mass is 19.1. The maximum absolute atomic E-state index is 13.5. The summed E-state index contributed by atoms with van der Waals surface area (Å²) >= 11 is 0. The van der Waals surface area contributed by atoms with E-state index in [0.717, 1.165) is 27.8 Å². The second-order valence-electron chi connectivity index (χ2n) is 7.48. The third kappa shape index (κ3) is 3.35. The van der Waals surface area contributed by atoms with Crippen molar-refractivity contribution in [3.63, 3.8) is 0 Å². The van der Waals surface area contributed by atoms with Crippen molar-refractivity contribution in [3.05, 3.63) is 70.7 Å². The molecule has 0 fully saturated rings. The van der Waals surface area contributed by atoms with Crippen LogP contribution in [0.5, 0.6) is 5.88 Å². The molecule has 0 unspecified atom stereocenters. The number of carbonyl (C=O) groups is 1. The fourth-order valence-corrected chi connectivity index (χ4v) is 3.99. The molecule has 0 bridgehead atoms. The van der Waals surface area contributed by atoms with Gasteiger partial charge in [-0.2, -0.15) is 4.98 Å². The number of carbonyl (C=O) groups excluding carboxylic acids is 1. The van der Waals surface area contributed by atoms with Crippen molar-refractivity contribution >= 4 is 22.6 Å². The average molecular weight is 417 g/mol. The lowest BCUT2D eigenvalue weighted by molar-refractivity contribution is 0.100. The highest BCUT2D eigenvalue weighted by Crippen LogP contribution is 2.36. The van der Waals surface area contributed by atoms with Gasteiger partial charge < -0.3 is 20.8 Å². The summed E-state index contributed by atoms with van der Waals surface area (Å²) in [6.45, 7) is 2.84. The van der Waals surface area contributed by atoms with Crippen LogP contribution in [0.15, 0.2) is 42.5 Å². The Bertz CT molecular complexity index is 1330. The van der Waals surface area contributed by atoms with E-state index in [1.54, 1.807) is 18.2 Å². The van der Waals surface area contributed by atoms with E-state index in [-0.39, 0.29) is 5.82 Å². The molecule has 8 heteroatoms. The third-order valence-corrected chi connectivity index (χ3v) is 5.42. The Labute approximate surface area is 177 Å².